The number of aromatic amines is 1. The molecular formula is C22H17N7O3. The van der Waals surface area contributed by atoms with Gasteiger partial charge in [0.05, 0.1) is 16.7 Å². The Morgan fingerprint density at radius 1 is 1.19 bits per heavy atom. The summed E-state index contributed by atoms with van der Waals surface area (Å²) in [5.41, 5.74) is 6.56. The molecule has 5 aromatic rings. The third-order valence-electron chi connectivity index (χ3n) is 5.04. The van der Waals surface area contributed by atoms with Gasteiger partial charge in [-0.1, -0.05) is 25.1 Å². The van der Waals surface area contributed by atoms with E-state index < -0.39 is 4.92 Å². The molecule has 3 heterocycles. The molecule has 10 heteroatoms. The molecule has 32 heavy (non-hydrogen) atoms. The highest BCUT2D eigenvalue weighted by Crippen LogP contribution is 2.30. The summed E-state index contributed by atoms with van der Waals surface area (Å²) in [5.74, 6) is 1.02. The minimum absolute atomic E-state index is 0.0272. The van der Waals surface area contributed by atoms with Crippen molar-refractivity contribution in [3.05, 3.63) is 76.0 Å². The maximum Gasteiger partial charge on any atom is 0.280 e. The Bertz CT molecular complexity index is 1490. The number of hydrazone groups is 1. The van der Waals surface area contributed by atoms with Gasteiger partial charge in [0.15, 0.2) is 5.65 Å². The topological polar surface area (TPSA) is 135 Å². The third-order valence-corrected chi connectivity index (χ3v) is 5.04. The predicted octanol–water partition coefficient (Wildman–Crippen LogP) is 4.68. The molecule has 2 aromatic carbocycles. The number of nitro benzene ring substituents is 1. The van der Waals surface area contributed by atoms with Crippen molar-refractivity contribution in [3.63, 3.8) is 0 Å². The van der Waals surface area contributed by atoms with Crippen LogP contribution in [0.1, 0.15) is 18.2 Å². The van der Waals surface area contributed by atoms with Gasteiger partial charge in [0.25, 0.3) is 11.6 Å². The number of aromatic nitrogens is 4. The molecule has 0 amide bonds. The SMILES string of the molecule is CCc1ccc2[nH]c3nc(N/N=C/c4ccc(-c5ccccc5[N+](=O)[O-])o4)nnc3c2c1. The number of para-hydroxylation sites is 1. The number of furan rings is 1. The molecule has 0 fully saturated rings. The highest BCUT2D eigenvalue weighted by molar-refractivity contribution is 6.03. The molecule has 0 radical (unpaired) electrons. The Morgan fingerprint density at radius 3 is 2.91 bits per heavy atom. The molecule has 2 N–H and O–H groups in total. The monoisotopic (exact) mass is 427 g/mol. The predicted molar refractivity (Wildman–Crippen MR) is 121 cm³/mol. The molecular weight excluding hydrogens is 410 g/mol. The molecule has 0 spiro atoms. The number of nitro groups is 1. The van der Waals surface area contributed by atoms with Gasteiger partial charge < -0.3 is 9.40 Å². The van der Waals surface area contributed by atoms with E-state index in [1.807, 2.05) is 6.07 Å². The van der Waals surface area contributed by atoms with Gasteiger partial charge in [0.1, 0.15) is 17.0 Å². The Morgan fingerprint density at radius 2 is 2.06 bits per heavy atom. The van der Waals surface area contributed by atoms with Crippen LogP contribution >= 0.6 is 0 Å². The third kappa shape index (κ3) is 3.54. The molecule has 5 rings (SSSR count). The minimum atomic E-state index is -0.444. The summed E-state index contributed by atoms with van der Waals surface area (Å²) in [7, 11) is 0. The first-order chi connectivity index (χ1) is 15.6. The van der Waals surface area contributed by atoms with Crippen LogP contribution in [0.15, 0.2) is 64.1 Å². The second kappa shape index (κ2) is 7.91. The smallest absolute Gasteiger partial charge is 0.280 e. The summed E-state index contributed by atoms with van der Waals surface area (Å²) in [5, 5.41) is 24.6. The van der Waals surface area contributed by atoms with Gasteiger partial charge in [0, 0.05) is 17.0 Å². The van der Waals surface area contributed by atoms with Gasteiger partial charge >= 0.3 is 0 Å². The lowest BCUT2D eigenvalue weighted by Gasteiger charge is -1.98. The summed E-state index contributed by atoms with van der Waals surface area (Å²) >= 11 is 0. The molecule has 0 aliphatic heterocycles. The van der Waals surface area contributed by atoms with Gasteiger partial charge in [0.2, 0.25) is 0 Å². The Balaban J connectivity index is 1.35. The number of aryl methyl sites for hydroxylation is 1. The Hall–Kier alpha value is -4.60. The van der Waals surface area contributed by atoms with Crippen LogP contribution in [0.25, 0.3) is 33.4 Å². The van der Waals surface area contributed by atoms with Crippen LogP contribution in [0.5, 0.6) is 0 Å². The van der Waals surface area contributed by atoms with E-state index in [4.69, 9.17) is 4.42 Å². The van der Waals surface area contributed by atoms with Crippen molar-refractivity contribution in [3.8, 4) is 11.3 Å². The van der Waals surface area contributed by atoms with E-state index in [-0.39, 0.29) is 11.6 Å². The van der Waals surface area contributed by atoms with Crippen LogP contribution in [0, 0.1) is 10.1 Å². The van der Waals surface area contributed by atoms with E-state index in [2.05, 4.69) is 49.7 Å². The fourth-order valence-corrected chi connectivity index (χ4v) is 3.45. The molecule has 158 valence electrons. The van der Waals surface area contributed by atoms with E-state index in [0.717, 1.165) is 17.3 Å². The summed E-state index contributed by atoms with van der Waals surface area (Å²) in [6.07, 6.45) is 2.37. The number of anilines is 1. The van der Waals surface area contributed by atoms with Crippen LogP contribution in [-0.4, -0.2) is 31.3 Å². The molecule has 0 bridgehead atoms. The van der Waals surface area contributed by atoms with Gasteiger partial charge in [-0.3, -0.25) is 10.1 Å². The summed E-state index contributed by atoms with van der Waals surface area (Å²) in [6, 6.07) is 15.9. The van der Waals surface area contributed by atoms with Crippen molar-refractivity contribution in [2.24, 2.45) is 5.10 Å². The highest BCUT2D eigenvalue weighted by Gasteiger charge is 2.17. The molecule has 0 aliphatic rings. The van der Waals surface area contributed by atoms with Gasteiger partial charge in [-0.05, 0) is 42.3 Å². The average molecular weight is 427 g/mol. The normalized spacial score (nSPS) is 11.5. The second-order valence-electron chi connectivity index (χ2n) is 7.04. The fourth-order valence-electron chi connectivity index (χ4n) is 3.45. The summed E-state index contributed by atoms with van der Waals surface area (Å²) < 4.78 is 5.67. The Labute approximate surface area is 181 Å². The number of nitrogens with zero attached hydrogens (tertiary/aromatic N) is 5. The molecule has 3 aromatic heterocycles. The second-order valence-corrected chi connectivity index (χ2v) is 7.04. The zero-order valence-electron chi connectivity index (χ0n) is 16.9. The van der Waals surface area contributed by atoms with Crippen LogP contribution < -0.4 is 5.43 Å². The zero-order chi connectivity index (χ0) is 22.1. The largest absolute Gasteiger partial charge is 0.455 e. The van der Waals surface area contributed by atoms with Gasteiger partial charge in [-0.2, -0.15) is 10.1 Å². The first kappa shape index (κ1) is 19.4. The molecule has 0 aliphatic carbocycles. The standard InChI is InChI=1S/C22H17N7O3/c1-2-13-7-9-17-16(11-13)20-21(24-17)25-22(28-26-20)27-23-12-14-8-10-19(32-14)15-5-3-4-6-18(15)29(30)31/h3-12H,2H2,1H3,(H2,24,25,27,28)/b23-12+. The van der Waals surface area contributed by atoms with Crippen LogP contribution in [-0.2, 0) is 6.42 Å². The molecule has 0 saturated heterocycles. The van der Waals surface area contributed by atoms with Crippen molar-refractivity contribution in [2.45, 2.75) is 13.3 Å². The van der Waals surface area contributed by atoms with E-state index in [1.54, 1.807) is 30.3 Å². The van der Waals surface area contributed by atoms with Crippen molar-refractivity contribution in [1.82, 2.24) is 20.2 Å². The summed E-state index contributed by atoms with van der Waals surface area (Å²) in [6.45, 7) is 2.10. The molecule has 0 atom stereocenters. The van der Waals surface area contributed by atoms with Crippen molar-refractivity contribution in [1.29, 1.82) is 0 Å². The first-order valence-electron chi connectivity index (χ1n) is 9.90. The van der Waals surface area contributed by atoms with E-state index in [9.17, 15) is 10.1 Å². The van der Waals surface area contributed by atoms with Crippen molar-refractivity contribution >= 4 is 39.9 Å². The van der Waals surface area contributed by atoms with E-state index >= 15 is 0 Å². The van der Waals surface area contributed by atoms with E-state index in [0.29, 0.717) is 28.2 Å². The number of rotatable bonds is 6. The summed E-state index contributed by atoms with van der Waals surface area (Å²) in [4.78, 5) is 18.4. The number of fused-ring (bicyclic) bond motifs is 3. The maximum atomic E-state index is 11.2. The molecule has 0 unspecified atom stereocenters. The van der Waals surface area contributed by atoms with Crippen LogP contribution in [0.2, 0.25) is 0 Å². The lowest BCUT2D eigenvalue weighted by atomic mass is 10.1. The minimum Gasteiger partial charge on any atom is -0.455 e. The van der Waals surface area contributed by atoms with Gasteiger partial charge in [-0.25, -0.2) is 5.43 Å². The fraction of sp³-hybridized carbons (Fsp3) is 0.0909. The van der Waals surface area contributed by atoms with E-state index in [1.165, 1.54) is 17.8 Å². The lowest BCUT2D eigenvalue weighted by molar-refractivity contribution is -0.384. The number of benzene rings is 2. The van der Waals surface area contributed by atoms with Crippen LogP contribution in [0.3, 0.4) is 0 Å². The highest BCUT2D eigenvalue weighted by atomic mass is 16.6. The number of hydrogen-bond donors (Lipinski definition) is 2. The number of H-pyrrole nitrogens is 1. The first-order valence-corrected chi connectivity index (χ1v) is 9.90. The van der Waals surface area contributed by atoms with Crippen LogP contribution in [0.4, 0.5) is 11.6 Å². The Kier molecular flexibility index (Phi) is 4.79. The van der Waals surface area contributed by atoms with Gasteiger partial charge in [-0.15, -0.1) is 10.2 Å². The maximum absolute atomic E-state index is 11.2. The number of hydrogen-bond acceptors (Lipinski definition) is 8. The van der Waals surface area contributed by atoms with Crippen molar-refractivity contribution in [2.75, 3.05) is 5.43 Å². The molecule has 0 saturated carbocycles. The lowest BCUT2D eigenvalue weighted by Crippen LogP contribution is -1.98. The molecule has 10 nitrogen and oxygen atoms in total. The zero-order valence-corrected chi connectivity index (χ0v) is 16.9. The number of nitrogens with one attached hydrogen (secondary N) is 2. The van der Waals surface area contributed by atoms with Crippen molar-refractivity contribution < 1.29 is 9.34 Å². The quantitative estimate of drug-likeness (QED) is 0.228. The average Bonchev–Trinajstić information content (AvgIpc) is 3.42.